The van der Waals surface area contributed by atoms with Crippen LogP contribution in [0.4, 0.5) is 5.69 Å². The number of halogens is 1. The van der Waals surface area contributed by atoms with Crippen molar-refractivity contribution in [1.29, 1.82) is 0 Å². The summed E-state index contributed by atoms with van der Waals surface area (Å²) >= 11 is 6.26. The van der Waals surface area contributed by atoms with Gasteiger partial charge in [0.15, 0.2) is 0 Å². The molecule has 1 aromatic carbocycles. The Kier molecular flexibility index (Phi) is 3.28. The van der Waals surface area contributed by atoms with Crippen LogP contribution in [0.1, 0.15) is 13.8 Å². The summed E-state index contributed by atoms with van der Waals surface area (Å²) < 4.78 is 5.12. The van der Waals surface area contributed by atoms with E-state index in [1.54, 1.807) is 24.1 Å². The molecule has 0 aromatic heterocycles. The summed E-state index contributed by atoms with van der Waals surface area (Å²) in [7, 11) is 1.58. The molecule has 0 saturated heterocycles. The number of hydrogen-bond acceptors (Lipinski definition) is 6. The third kappa shape index (κ3) is 2.44. The zero-order valence-corrected chi connectivity index (χ0v) is 11.8. The fraction of sp³-hybridized carbons (Fsp3) is 0.333. The second kappa shape index (κ2) is 4.62. The van der Waals surface area contributed by atoms with Crippen LogP contribution < -0.4 is 21.1 Å². The molecular formula is C12H16ClN5O. The van der Waals surface area contributed by atoms with Crippen LogP contribution in [-0.2, 0) is 0 Å². The average molecular weight is 282 g/mol. The molecule has 0 spiro atoms. The molecule has 0 unspecified atom stereocenters. The molecule has 1 aromatic rings. The highest BCUT2D eigenvalue weighted by molar-refractivity contribution is 6.34. The highest BCUT2D eigenvalue weighted by Gasteiger charge is 2.34. The van der Waals surface area contributed by atoms with E-state index >= 15 is 0 Å². The van der Waals surface area contributed by atoms with E-state index in [2.05, 4.69) is 9.98 Å². The number of methoxy groups -OCH3 is 1. The van der Waals surface area contributed by atoms with Gasteiger partial charge in [-0.1, -0.05) is 11.6 Å². The molecule has 4 N–H and O–H groups in total. The van der Waals surface area contributed by atoms with E-state index in [0.717, 1.165) is 0 Å². The van der Waals surface area contributed by atoms with Gasteiger partial charge in [-0.25, -0.2) is 4.99 Å². The van der Waals surface area contributed by atoms with Crippen molar-refractivity contribution in [2.45, 2.75) is 19.5 Å². The van der Waals surface area contributed by atoms with Gasteiger partial charge in [0.05, 0.1) is 17.8 Å². The summed E-state index contributed by atoms with van der Waals surface area (Å²) in [6.07, 6.45) is 0. The molecule has 1 aliphatic heterocycles. The van der Waals surface area contributed by atoms with E-state index in [4.69, 9.17) is 27.8 Å². The number of anilines is 1. The van der Waals surface area contributed by atoms with E-state index in [1.165, 1.54) is 0 Å². The van der Waals surface area contributed by atoms with Gasteiger partial charge in [0.1, 0.15) is 11.4 Å². The lowest BCUT2D eigenvalue weighted by Crippen LogP contribution is -2.54. The maximum absolute atomic E-state index is 6.26. The van der Waals surface area contributed by atoms with Crippen LogP contribution in [0.3, 0.4) is 0 Å². The maximum Gasteiger partial charge on any atom is 0.220 e. The van der Waals surface area contributed by atoms with Crippen LogP contribution in [-0.4, -0.2) is 24.7 Å². The predicted molar refractivity (Wildman–Crippen MR) is 77.8 cm³/mol. The smallest absolute Gasteiger partial charge is 0.220 e. The Balaban J connectivity index is 2.50. The van der Waals surface area contributed by atoms with Crippen molar-refractivity contribution in [3.05, 3.63) is 23.2 Å². The Bertz CT molecular complexity index is 567. The lowest BCUT2D eigenvalue weighted by molar-refractivity contribution is 0.414. The number of benzene rings is 1. The van der Waals surface area contributed by atoms with Crippen LogP contribution in [0.25, 0.3) is 0 Å². The fourth-order valence-corrected chi connectivity index (χ4v) is 2.27. The lowest BCUT2D eigenvalue weighted by Gasteiger charge is -2.38. The molecular weight excluding hydrogens is 266 g/mol. The van der Waals surface area contributed by atoms with Crippen molar-refractivity contribution in [1.82, 2.24) is 0 Å². The third-order valence-corrected chi connectivity index (χ3v) is 3.09. The number of rotatable bonds is 2. The van der Waals surface area contributed by atoms with Gasteiger partial charge in [-0.2, -0.15) is 4.99 Å². The number of nitrogens with zero attached hydrogens (tertiary/aromatic N) is 3. The van der Waals surface area contributed by atoms with E-state index in [-0.39, 0.29) is 11.9 Å². The standard InChI is InChI=1S/C12H16ClN5O/c1-12(2)17-10(14)16-11(15)18(12)9-5-4-7(19-3)6-8(9)13/h4-6H,1-3H3,(H4,14,15,16,17). The summed E-state index contributed by atoms with van der Waals surface area (Å²) in [6, 6.07) is 5.32. The summed E-state index contributed by atoms with van der Waals surface area (Å²) in [5.41, 5.74) is 11.6. The van der Waals surface area contributed by atoms with Crippen molar-refractivity contribution in [2.75, 3.05) is 12.0 Å². The van der Waals surface area contributed by atoms with Crippen LogP contribution in [0, 0.1) is 0 Å². The second-order valence-corrected chi connectivity index (χ2v) is 4.99. The number of ether oxygens (including phenoxy) is 1. The molecule has 1 heterocycles. The van der Waals surface area contributed by atoms with Gasteiger partial charge in [0.2, 0.25) is 11.9 Å². The summed E-state index contributed by atoms with van der Waals surface area (Å²) in [4.78, 5) is 9.97. The SMILES string of the molecule is COc1ccc(N2C(N)=NC(N)=NC2(C)C)c(Cl)c1. The maximum atomic E-state index is 6.26. The molecule has 7 heteroatoms. The predicted octanol–water partition coefficient (Wildman–Crippen LogP) is 1.53. The highest BCUT2D eigenvalue weighted by Crippen LogP contribution is 2.35. The number of aliphatic imine (C=N–C) groups is 2. The minimum Gasteiger partial charge on any atom is -0.497 e. The van der Waals surface area contributed by atoms with Crippen molar-refractivity contribution in [3.63, 3.8) is 0 Å². The molecule has 19 heavy (non-hydrogen) atoms. The molecule has 0 fully saturated rings. The van der Waals surface area contributed by atoms with Gasteiger partial charge in [0, 0.05) is 6.07 Å². The van der Waals surface area contributed by atoms with E-state index < -0.39 is 5.66 Å². The zero-order valence-electron chi connectivity index (χ0n) is 11.0. The Labute approximate surface area is 116 Å². The number of hydrogen-bond donors (Lipinski definition) is 2. The molecule has 0 radical (unpaired) electrons. The molecule has 0 amide bonds. The first-order chi connectivity index (χ1) is 8.85. The molecule has 0 aliphatic carbocycles. The van der Waals surface area contributed by atoms with Gasteiger partial charge in [-0.15, -0.1) is 0 Å². The largest absolute Gasteiger partial charge is 0.497 e. The molecule has 102 valence electrons. The van der Waals surface area contributed by atoms with Crippen LogP contribution >= 0.6 is 11.6 Å². The van der Waals surface area contributed by atoms with E-state index in [1.807, 2.05) is 19.9 Å². The molecule has 0 saturated carbocycles. The van der Waals surface area contributed by atoms with Gasteiger partial charge in [0.25, 0.3) is 0 Å². The van der Waals surface area contributed by atoms with E-state index in [9.17, 15) is 0 Å². The summed E-state index contributed by atoms with van der Waals surface area (Å²) in [5, 5.41) is 0.501. The molecule has 6 nitrogen and oxygen atoms in total. The van der Waals surface area contributed by atoms with Crippen LogP contribution in [0.5, 0.6) is 5.75 Å². The van der Waals surface area contributed by atoms with Crippen molar-refractivity contribution < 1.29 is 4.74 Å². The minimum absolute atomic E-state index is 0.156. The highest BCUT2D eigenvalue weighted by atomic mass is 35.5. The minimum atomic E-state index is -0.659. The molecule has 0 atom stereocenters. The Morgan fingerprint density at radius 3 is 2.53 bits per heavy atom. The number of guanidine groups is 2. The average Bonchev–Trinajstić information content (AvgIpc) is 2.28. The van der Waals surface area contributed by atoms with Gasteiger partial charge in [-0.05, 0) is 26.0 Å². The van der Waals surface area contributed by atoms with Crippen molar-refractivity contribution in [2.24, 2.45) is 21.5 Å². The first kappa shape index (κ1) is 13.5. The normalized spacial score (nSPS) is 17.8. The fourth-order valence-electron chi connectivity index (χ4n) is 2.02. The monoisotopic (exact) mass is 281 g/mol. The Hall–Kier alpha value is -1.95. The first-order valence-corrected chi connectivity index (χ1v) is 6.06. The second-order valence-electron chi connectivity index (χ2n) is 4.59. The summed E-state index contributed by atoms with van der Waals surface area (Å²) in [5.74, 6) is 1.08. The first-order valence-electron chi connectivity index (χ1n) is 5.68. The quantitative estimate of drug-likeness (QED) is 0.860. The third-order valence-electron chi connectivity index (χ3n) is 2.79. The van der Waals surface area contributed by atoms with E-state index in [0.29, 0.717) is 16.5 Å². The lowest BCUT2D eigenvalue weighted by atomic mass is 10.1. The Morgan fingerprint density at radius 1 is 1.32 bits per heavy atom. The van der Waals surface area contributed by atoms with Crippen LogP contribution in [0.15, 0.2) is 28.2 Å². The molecule has 2 rings (SSSR count). The van der Waals surface area contributed by atoms with Gasteiger partial charge < -0.3 is 16.2 Å². The van der Waals surface area contributed by atoms with Crippen molar-refractivity contribution in [3.8, 4) is 5.75 Å². The topological polar surface area (TPSA) is 89.2 Å². The van der Waals surface area contributed by atoms with Gasteiger partial charge in [-0.3, -0.25) is 4.90 Å². The Morgan fingerprint density at radius 2 is 2.00 bits per heavy atom. The van der Waals surface area contributed by atoms with Gasteiger partial charge >= 0.3 is 0 Å². The summed E-state index contributed by atoms with van der Waals surface area (Å²) in [6.45, 7) is 3.75. The number of nitrogens with two attached hydrogens (primary N) is 2. The zero-order chi connectivity index (χ0) is 14.2. The van der Waals surface area contributed by atoms with Crippen LogP contribution in [0.2, 0.25) is 5.02 Å². The molecule has 1 aliphatic rings. The van der Waals surface area contributed by atoms with Crippen molar-refractivity contribution >= 4 is 29.2 Å². The molecule has 0 bridgehead atoms.